The molecule has 0 bridgehead atoms. The largest absolute Gasteiger partial charge is 0.351 e. The van der Waals surface area contributed by atoms with Crippen LogP contribution in [0.25, 0.3) is 10.2 Å². The monoisotopic (exact) mass is 368 g/mol. The lowest BCUT2D eigenvalue weighted by Crippen LogP contribution is -2.25. The number of pyridine rings is 1. The maximum absolute atomic E-state index is 12.7. The molecular formula is C20H24N4OS. The van der Waals surface area contributed by atoms with Crippen LogP contribution in [0.2, 0.25) is 0 Å². The average molecular weight is 369 g/mol. The highest BCUT2D eigenvalue weighted by Gasteiger charge is 2.23. The van der Waals surface area contributed by atoms with Crippen molar-refractivity contribution in [3.05, 3.63) is 52.0 Å². The molecule has 0 atom stereocenters. The van der Waals surface area contributed by atoms with Gasteiger partial charge in [-0.25, -0.2) is 9.97 Å². The van der Waals surface area contributed by atoms with Crippen LogP contribution in [0.1, 0.15) is 53.1 Å². The Morgan fingerprint density at radius 3 is 2.65 bits per heavy atom. The van der Waals surface area contributed by atoms with Crippen molar-refractivity contribution >= 4 is 27.5 Å². The molecule has 0 aliphatic rings. The van der Waals surface area contributed by atoms with Crippen LogP contribution in [-0.4, -0.2) is 27.4 Å². The second kappa shape index (κ2) is 7.11. The van der Waals surface area contributed by atoms with Gasteiger partial charge >= 0.3 is 0 Å². The maximum atomic E-state index is 12.7. The highest BCUT2D eigenvalue weighted by atomic mass is 32.1. The third-order valence-electron chi connectivity index (χ3n) is 4.27. The van der Waals surface area contributed by atoms with Crippen molar-refractivity contribution < 1.29 is 4.79 Å². The summed E-state index contributed by atoms with van der Waals surface area (Å²) in [7, 11) is 0. The zero-order chi connectivity index (χ0) is 18.9. The Hall–Kier alpha value is -2.34. The summed E-state index contributed by atoms with van der Waals surface area (Å²) >= 11 is 1.45. The Kier molecular flexibility index (Phi) is 5.05. The Balaban J connectivity index is 1.82. The van der Waals surface area contributed by atoms with Crippen LogP contribution in [0.4, 0.5) is 0 Å². The molecule has 3 heterocycles. The Labute approximate surface area is 157 Å². The Morgan fingerprint density at radius 2 is 2.00 bits per heavy atom. The van der Waals surface area contributed by atoms with Crippen LogP contribution in [0.5, 0.6) is 0 Å². The molecule has 1 amide bonds. The first-order valence-electron chi connectivity index (χ1n) is 8.72. The first kappa shape index (κ1) is 18.5. The van der Waals surface area contributed by atoms with E-state index in [1.54, 1.807) is 6.20 Å². The molecule has 0 aliphatic carbocycles. The lowest BCUT2D eigenvalue weighted by molar-refractivity contribution is 0.0957. The highest BCUT2D eigenvalue weighted by Crippen LogP contribution is 2.33. The molecule has 3 aromatic rings. The van der Waals surface area contributed by atoms with E-state index in [1.165, 1.54) is 11.3 Å². The summed E-state index contributed by atoms with van der Waals surface area (Å²) in [6, 6.07) is 3.92. The minimum atomic E-state index is -0.122. The van der Waals surface area contributed by atoms with Gasteiger partial charge in [0.1, 0.15) is 10.7 Å². The number of nitrogens with one attached hydrogen (secondary N) is 1. The van der Waals surface area contributed by atoms with Crippen LogP contribution < -0.4 is 5.32 Å². The minimum Gasteiger partial charge on any atom is -0.351 e. The molecule has 0 spiro atoms. The van der Waals surface area contributed by atoms with E-state index in [9.17, 15) is 4.79 Å². The van der Waals surface area contributed by atoms with Gasteiger partial charge in [-0.05, 0) is 37.5 Å². The summed E-state index contributed by atoms with van der Waals surface area (Å²) in [5.74, 6) is 0.762. The van der Waals surface area contributed by atoms with Gasteiger partial charge in [-0.3, -0.25) is 9.78 Å². The molecule has 0 radical (unpaired) electrons. The fourth-order valence-electron chi connectivity index (χ4n) is 2.84. The quantitative estimate of drug-likeness (QED) is 0.756. The molecular weight excluding hydrogens is 344 g/mol. The number of fused-ring (bicyclic) bond motifs is 1. The van der Waals surface area contributed by atoms with Crippen LogP contribution in [0.15, 0.2) is 24.5 Å². The lowest BCUT2D eigenvalue weighted by Gasteiger charge is -2.16. The van der Waals surface area contributed by atoms with Crippen molar-refractivity contribution in [3.63, 3.8) is 0 Å². The van der Waals surface area contributed by atoms with Crippen molar-refractivity contribution in [2.24, 2.45) is 0 Å². The zero-order valence-corrected chi connectivity index (χ0v) is 16.7. The molecule has 1 N–H and O–H groups in total. The van der Waals surface area contributed by atoms with Gasteiger partial charge in [0, 0.05) is 29.7 Å². The predicted octanol–water partition coefficient (Wildman–Crippen LogP) is 3.97. The highest BCUT2D eigenvalue weighted by molar-refractivity contribution is 7.20. The second-order valence-corrected chi connectivity index (χ2v) is 8.49. The summed E-state index contributed by atoms with van der Waals surface area (Å²) in [5, 5.41) is 4.01. The number of thiophene rings is 1. The fourth-order valence-corrected chi connectivity index (χ4v) is 3.99. The number of carbonyl (C=O) groups is 1. The molecule has 0 aromatic carbocycles. The number of aryl methyl sites for hydroxylation is 2. The summed E-state index contributed by atoms with van der Waals surface area (Å²) < 4.78 is 0. The van der Waals surface area contributed by atoms with E-state index in [1.807, 2.05) is 32.2 Å². The first-order chi connectivity index (χ1) is 12.3. The van der Waals surface area contributed by atoms with Gasteiger partial charge in [0.15, 0.2) is 0 Å². The second-order valence-electron chi connectivity index (χ2n) is 7.49. The van der Waals surface area contributed by atoms with Crippen LogP contribution in [0.3, 0.4) is 0 Å². The van der Waals surface area contributed by atoms with Gasteiger partial charge in [0.05, 0.1) is 10.6 Å². The standard InChI is InChI=1S/C20H24N4OS/c1-12-15-13(2)23-19(20(3,4)5)24-18(15)26-16(12)17(25)22-10-8-14-7-6-9-21-11-14/h6-7,9,11H,8,10H2,1-5H3,(H,22,25). The third kappa shape index (κ3) is 3.75. The molecule has 0 fully saturated rings. The van der Waals surface area contributed by atoms with Crippen LogP contribution in [-0.2, 0) is 11.8 Å². The molecule has 5 nitrogen and oxygen atoms in total. The van der Waals surface area contributed by atoms with Crippen molar-refractivity contribution in [1.29, 1.82) is 0 Å². The number of hydrogen-bond donors (Lipinski definition) is 1. The van der Waals surface area contributed by atoms with Crippen molar-refractivity contribution in [1.82, 2.24) is 20.3 Å². The van der Waals surface area contributed by atoms with Gasteiger partial charge in [0.2, 0.25) is 0 Å². The van der Waals surface area contributed by atoms with Crippen molar-refractivity contribution in [2.75, 3.05) is 6.54 Å². The van der Waals surface area contributed by atoms with E-state index in [0.717, 1.165) is 44.2 Å². The van der Waals surface area contributed by atoms with Gasteiger partial charge in [-0.1, -0.05) is 26.8 Å². The first-order valence-corrected chi connectivity index (χ1v) is 9.54. The van der Waals surface area contributed by atoms with E-state index >= 15 is 0 Å². The molecule has 0 unspecified atom stereocenters. The summed E-state index contributed by atoms with van der Waals surface area (Å²) in [6.45, 7) is 10.8. The van der Waals surface area contributed by atoms with Crippen LogP contribution >= 0.6 is 11.3 Å². The molecule has 0 saturated carbocycles. The summed E-state index contributed by atoms with van der Waals surface area (Å²) in [4.78, 5) is 27.7. The zero-order valence-electron chi connectivity index (χ0n) is 15.9. The van der Waals surface area contributed by atoms with E-state index in [-0.39, 0.29) is 11.3 Å². The van der Waals surface area contributed by atoms with Crippen LogP contribution in [0, 0.1) is 13.8 Å². The molecule has 0 saturated heterocycles. The lowest BCUT2D eigenvalue weighted by atomic mass is 9.95. The van der Waals surface area contributed by atoms with E-state index in [2.05, 4.69) is 36.1 Å². The number of carbonyl (C=O) groups excluding carboxylic acids is 1. The van der Waals surface area contributed by atoms with E-state index in [4.69, 9.17) is 4.98 Å². The number of rotatable bonds is 4. The van der Waals surface area contributed by atoms with Gasteiger partial charge < -0.3 is 5.32 Å². The molecule has 0 aliphatic heterocycles. The minimum absolute atomic E-state index is 0.0499. The predicted molar refractivity (Wildman–Crippen MR) is 106 cm³/mol. The number of aromatic nitrogens is 3. The molecule has 136 valence electrons. The summed E-state index contributed by atoms with van der Waals surface area (Å²) in [5.41, 5.74) is 2.88. The molecule has 3 aromatic heterocycles. The molecule has 6 heteroatoms. The van der Waals surface area contributed by atoms with E-state index in [0.29, 0.717) is 6.54 Å². The fraction of sp³-hybridized carbons (Fsp3) is 0.400. The molecule has 3 rings (SSSR count). The van der Waals surface area contributed by atoms with E-state index < -0.39 is 0 Å². The normalized spacial score (nSPS) is 11.7. The SMILES string of the molecule is Cc1nc(C(C)(C)C)nc2sc(C(=O)NCCc3cccnc3)c(C)c12. The third-order valence-corrected chi connectivity index (χ3v) is 5.45. The Morgan fingerprint density at radius 1 is 1.23 bits per heavy atom. The maximum Gasteiger partial charge on any atom is 0.261 e. The average Bonchev–Trinajstić information content (AvgIpc) is 2.92. The van der Waals surface area contributed by atoms with Crippen molar-refractivity contribution in [2.45, 2.75) is 46.5 Å². The topological polar surface area (TPSA) is 67.8 Å². The number of amides is 1. The van der Waals surface area contributed by atoms with Gasteiger partial charge in [0.25, 0.3) is 5.91 Å². The smallest absolute Gasteiger partial charge is 0.261 e. The number of nitrogens with zero attached hydrogens (tertiary/aromatic N) is 3. The number of hydrogen-bond acceptors (Lipinski definition) is 5. The van der Waals surface area contributed by atoms with Gasteiger partial charge in [-0.2, -0.15) is 0 Å². The van der Waals surface area contributed by atoms with Gasteiger partial charge in [-0.15, -0.1) is 11.3 Å². The Bertz CT molecular complexity index is 942. The summed E-state index contributed by atoms with van der Waals surface area (Å²) in [6.07, 6.45) is 4.33. The molecule has 26 heavy (non-hydrogen) atoms. The van der Waals surface area contributed by atoms with Crippen molar-refractivity contribution in [3.8, 4) is 0 Å².